The van der Waals surface area contributed by atoms with Crippen molar-refractivity contribution in [1.29, 1.82) is 0 Å². The number of rotatable bonds is 3. The molecule has 1 fully saturated rings. The van der Waals surface area contributed by atoms with Crippen LogP contribution in [0.25, 0.3) is 0 Å². The zero-order chi connectivity index (χ0) is 12.4. The Bertz CT molecular complexity index is 395. The quantitative estimate of drug-likeness (QED) is 0.691. The molecule has 0 aliphatic carbocycles. The summed E-state index contributed by atoms with van der Waals surface area (Å²) in [5.41, 5.74) is 6.71. The second-order valence-corrected chi connectivity index (χ2v) is 4.94. The lowest BCUT2D eigenvalue weighted by atomic mass is 10.1. The Morgan fingerprint density at radius 2 is 2.12 bits per heavy atom. The van der Waals surface area contributed by atoms with E-state index in [1.165, 1.54) is 6.07 Å². The van der Waals surface area contributed by atoms with Gasteiger partial charge in [-0.2, -0.15) is 0 Å². The van der Waals surface area contributed by atoms with E-state index >= 15 is 0 Å². The fourth-order valence-electron chi connectivity index (χ4n) is 2.51. The van der Waals surface area contributed by atoms with E-state index in [9.17, 15) is 10.2 Å². The second-order valence-electron chi connectivity index (χ2n) is 4.94. The lowest BCUT2D eigenvalue weighted by Crippen LogP contribution is -2.27. The molecule has 0 amide bonds. The van der Waals surface area contributed by atoms with Crippen LogP contribution in [0.1, 0.15) is 18.9 Å². The van der Waals surface area contributed by atoms with Crippen molar-refractivity contribution in [2.75, 3.05) is 13.1 Å². The number of nitrogens with two attached hydrogens (primary N) is 1. The van der Waals surface area contributed by atoms with Crippen LogP contribution in [0.3, 0.4) is 0 Å². The van der Waals surface area contributed by atoms with E-state index in [0.717, 1.165) is 31.6 Å². The number of nitrogens with zero attached hydrogens (tertiary/aromatic N) is 1. The van der Waals surface area contributed by atoms with E-state index in [2.05, 4.69) is 11.8 Å². The molecule has 17 heavy (non-hydrogen) atoms. The standard InChI is InChI=1S/C13H20N2O2/c1-9-4-11(6-14)8-15(9)7-10-2-3-12(16)13(17)5-10/h2-3,5,9,11,16-17H,4,6-8,14H2,1H3. The summed E-state index contributed by atoms with van der Waals surface area (Å²) < 4.78 is 0. The molecule has 1 aromatic rings. The Morgan fingerprint density at radius 1 is 1.35 bits per heavy atom. The van der Waals surface area contributed by atoms with E-state index in [-0.39, 0.29) is 11.5 Å². The van der Waals surface area contributed by atoms with E-state index in [1.54, 1.807) is 6.07 Å². The molecule has 2 unspecified atom stereocenters. The minimum absolute atomic E-state index is 0.0512. The molecule has 1 heterocycles. The zero-order valence-electron chi connectivity index (χ0n) is 10.1. The summed E-state index contributed by atoms with van der Waals surface area (Å²) in [4.78, 5) is 2.36. The van der Waals surface area contributed by atoms with Gasteiger partial charge in [0.05, 0.1) is 0 Å². The van der Waals surface area contributed by atoms with Crippen LogP contribution in [0.4, 0.5) is 0 Å². The molecule has 0 aromatic heterocycles. The fraction of sp³-hybridized carbons (Fsp3) is 0.538. The predicted octanol–water partition coefficient (Wildman–Crippen LogP) is 1.27. The van der Waals surface area contributed by atoms with E-state index in [1.807, 2.05) is 6.07 Å². The number of hydrogen-bond acceptors (Lipinski definition) is 4. The van der Waals surface area contributed by atoms with Gasteiger partial charge >= 0.3 is 0 Å². The maximum absolute atomic E-state index is 9.45. The van der Waals surface area contributed by atoms with Crippen LogP contribution in [-0.2, 0) is 6.54 Å². The highest BCUT2D eigenvalue weighted by Gasteiger charge is 2.27. The van der Waals surface area contributed by atoms with Gasteiger partial charge in [0.2, 0.25) is 0 Å². The van der Waals surface area contributed by atoms with Gasteiger partial charge < -0.3 is 15.9 Å². The predicted molar refractivity (Wildman–Crippen MR) is 66.8 cm³/mol. The third kappa shape index (κ3) is 2.70. The summed E-state index contributed by atoms with van der Waals surface area (Å²) in [7, 11) is 0. The van der Waals surface area contributed by atoms with Crippen molar-refractivity contribution >= 4 is 0 Å². The Hall–Kier alpha value is -1.26. The van der Waals surface area contributed by atoms with Gasteiger partial charge in [-0.05, 0) is 43.5 Å². The van der Waals surface area contributed by atoms with E-state index in [0.29, 0.717) is 12.0 Å². The van der Waals surface area contributed by atoms with Crippen LogP contribution in [0, 0.1) is 5.92 Å². The fourth-order valence-corrected chi connectivity index (χ4v) is 2.51. The molecule has 0 bridgehead atoms. The SMILES string of the molecule is CC1CC(CN)CN1Cc1ccc(O)c(O)c1. The van der Waals surface area contributed by atoms with Gasteiger partial charge in [0.1, 0.15) is 0 Å². The Balaban J connectivity index is 2.03. The Kier molecular flexibility index (Phi) is 3.54. The molecule has 4 N–H and O–H groups in total. The monoisotopic (exact) mass is 236 g/mol. The summed E-state index contributed by atoms with van der Waals surface area (Å²) >= 11 is 0. The van der Waals surface area contributed by atoms with Crippen LogP contribution >= 0.6 is 0 Å². The summed E-state index contributed by atoms with van der Waals surface area (Å²) in [5, 5.41) is 18.7. The Labute approximate surface area is 102 Å². The van der Waals surface area contributed by atoms with Crippen molar-refractivity contribution < 1.29 is 10.2 Å². The maximum atomic E-state index is 9.45. The van der Waals surface area contributed by atoms with Crippen LogP contribution in [0.5, 0.6) is 11.5 Å². The molecule has 1 saturated heterocycles. The number of hydrogen-bond donors (Lipinski definition) is 3. The lowest BCUT2D eigenvalue weighted by Gasteiger charge is -2.21. The van der Waals surface area contributed by atoms with Gasteiger partial charge in [-0.15, -0.1) is 0 Å². The third-order valence-corrected chi connectivity index (χ3v) is 3.55. The first-order valence-corrected chi connectivity index (χ1v) is 6.05. The van der Waals surface area contributed by atoms with Gasteiger partial charge in [0.25, 0.3) is 0 Å². The molecule has 1 aliphatic rings. The highest BCUT2D eigenvalue weighted by molar-refractivity contribution is 5.40. The first-order chi connectivity index (χ1) is 8.10. The number of aromatic hydroxyl groups is 2. The molecule has 2 atom stereocenters. The largest absolute Gasteiger partial charge is 0.504 e. The molecule has 2 rings (SSSR count). The minimum atomic E-state index is -0.0666. The minimum Gasteiger partial charge on any atom is -0.504 e. The highest BCUT2D eigenvalue weighted by atomic mass is 16.3. The first-order valence-electron chi connectivity index (χ1n) is 6.05. The molecular formula is C13H20N2O2. The molecular weight excluding hydrogens is 216 g/mol. The molecule has 0 saturated carbocycles. The molecule has 94 valence electrons. The van der Waals surface area contributed by atoms with Crippen molar-refractivity contribution in [3.63, 3.8) is 0 Å². The number of benzene rings is 1. The molecule has 4 heteroatoms. The lowest BCUT2D eigenvalue weighted by molar-refractivity contribution is 0.255. The van der Waals surface area contributed by atoms with Crippen LogP contribution in [-0.4, -0.2) is 34.2 Å². The van der Waals surface area contributed by atoms with Crippen molar-refractivity contribution in [2.24, 2.45) is 11.7 Å². The van der Waals surface area contributed by atoms with E-state index in [4.69, 9.17) is 5.73 Å². The van der Waals surface area contributed by atoms with Crippen LogP contribution in [0.2, 0.25) is 0 Å². The summed E-state index contributed by atoms with van der Waals surface area (Å²) in [5.74, 6) is 0.462. The van der Waals surface area contributed by atoms with Crippen LogP contribution in [0.15, 0.2) is 18.2 Å². The van der Waals surface area contributed by atoms with Crippen molar-refractivity contribution in [2.45, 2.75) is 25.9 Å². The normalized spacial score (nSPS) is 25.3. The summed E-state index contributed by atoms with van der Waals surface area (Å²) in [6.45, 7) is 4.75. The Morgan fingerprint density at radius 3 is 2.71 bits per heavy atom. The second kappa shape index (κ2) is 4.94. The third-order valence-electron chi connectivity index (χ3n) is 3.55. The van der Waals surface area contributed by atoms with Gasteiger partial charge in [0.15, 0.2) is 11.5 Å². The van der Waals surface area contributed by atoms with E-state index < -0.39 is 0 Å². The van der Waals surface area contributed by atoms with Crippen molar-refractivity contribution in [1.82, 2.24) is 4.90 Å². The number of likely N-dealkylation sites (tertiary alicyclic amines) is 1. The average Bonchev–Trinajstić information content (AvgIpc) is 2.65. The van der Waals surface area contributed by atoms with Crippen molar-refractivity contribution in [3.8, 4) is 11.5 Å². The van der Waals surface area contributed by atoms with Crippen LogP contribution < -0.4 is 5.73 Å². The maximum Gasteiger partial charge on any atom is 0.157 e. The number of phenols is 2. The van der Waals surface area contributed by atoms with Crippen molar-refractivity contribution in [3.05, 3.63) is 23.8 Å². The topological polar surface area (TPSA) is 69.7 Å². The molecule has 1 aliphatic heterocycles. The zero-order valence-corrected chi connectivity index (χ0v) is 10.1. The molecule has 0 spiro atoms. The van der Waals surface area contributed by atoms with Gasteiger partial charge in [-0.1, -0.05) is 6.07 Å². The van der Waals surface area contributed by atoms with Gasteiger partial charge in [0, 0.05) is 19.1 Å². The molecule has 1 aromatic carbocycles. The first kappa shape index (κ1) is 12.2. The summed E-state index contributed by atoms with van der Waals surface area (Å²) in [6.07, 6.45) is 1.14. The average molecular weight is 236 g/mol. The smallest absolute Gasteiger partial charge is 0.157 e. The van der Waals surface area contributed by atoms with Gasteiger partial charge in [-0.25, -0.2) is 0 Å². The molecule has 0 radical (unpaired) electrons. The number of phenolic OH excluding ortho intramolecular Hbond substituents is 2. The summed E-state index contributed by atoms with van der Waals surface area (Å²) in [6, 6.07) is 5.53. The molecule has 4 nitrogen and oxygen atoms in total. The highest BCUT2D eigenvalue weighted by Crippen LogP contribution is 2.28. The van der Waals surface area contributed by atoms with Gasteiger partial charge in [-0.3, -0.25) is 4.90 Å².